The predicted octanol–water partition coefficient (Wildman–Crippen LogP) is 1.07. The largest absolute Gasteiger partial charge is 0.373 e. The standard InChI is InChI=1S/C21H27N3O5S/c1-16-13-24(14-17(2)29-16)30(27,28)12-10-22-20(25)19-9-6-11-23(21(19)26)15-18-7-4-3-5-8-18/h3-9,11,16-17H,10,12-15H2,1-2H3,(H,22,25). The Labute approximate surface area is 176 Å². The van der Waals surface area contributed by atoms with Crippen LogP contribution in [0.4, 0.5) is 0 Å². The van der Waals surface area contributed by atoms with Crippen LogP contribution in [0.15, 0.2) is 53.5 Å². The van der Waals surface area contributed by atoms with E-state index in [1.54, 1.807) is 12.3 Å². The Morgan fingerprint density at radius 1 is 1.10 bits per heavy atom. The van der Waals surface area contributed by atoms with Gasteiger partial charge >= 0.3 is 0 Å². The summed E-state index contributed by atoms with van der Waals surface area (Å²) in [7, 11) is -3.53. The second kappa shape index (κ2) is 9.55. The molecule has 2 atom stereocenters. The third-order valence-corrected chi connectivity index (χ3v) is 6.69. The van der Waals surface area contributed by atoms with Crippen molar-refractivity contribution in [3.63, 3.8) is 0 Å². The number of pyridine rings is 1. The van der Waals surface area contributed by atoms with Crippen LogP contribution in [0.5, 0.6) is 0 Å². The zero-order chi connectivity index (χ0) is 21.7. The number of aromatic nitrogens is 1. The van der Waals surface area contributed by atoms with Gasteiger partial charge in [0.2, 0.25) is 10.0 Å². The molecule has 30 heavy (non-hydrogen) atoms. The average molecular weight is 434 g/mol. The first-order chi connectivity index (χ1) is 14.3. The van der Waals surface area contributed by atoms with Crippen molar-refractivity contribution in [1.82, 2.24) is 14.2 Å². The molecule has 2 aromatic rings. The minimum Gasteiger partial charge on any atom is -0.373 e. The van der Waals surface area contributed by atoms with Crippen molar-refractivity contribution in [2.45, 2.75) is 32.6 Å². The van der Waals surface area contributed by atoms with E-state index in [0.717, 1.165) is 5.56 Å². The summed E-state index contributed by atoms with van der Waals surface area (Å²) in [6, 6.07) is 12.5. The maximum Gasteiger partial charge on any atom is 0.263 e. The summed E-state index contributed by atoms with van der Waals surface area (Å²) in [6.45, 7) is 4.52. The molecule has 3 rings (SSSR count). The zero-order valence-electron chi connectivity index (χ0n) is 17.2. The Hall–Kier alpha value is -2.49. The summed E-state index contributed by atoms with van der Waals surface area (Å²) in [5.74, 6) is -0.815. The van der Waals surface area contributed by atoms with E-state index < -0.39 is 21.5 Å². The highest BCUT2D eigenvalue weighted by Crippen LogP contribution is 2.14. The molecular weight excluding hydrogens is 406 g/mol. The lowest BCUT2D eigenvalue weighted by Gasteiger charge is -2.34. The monoisotopic (exact) mass is 433 g/mol. The third kappa shape index (κ3) is 5.56. The molecular formula is C21H27N3O5S. The van der Waals surface area contributed by atoms with Crippen LogP contribution in [0.3, 0.4) is 0 Å². The smallest absolute Gasteiger partial charge is 0.263 e. The van der Waals surface area contributed by atoms with Crippen molar-refractivity contribution < 1.29 is 17.9 Å². The van der Waals surface area contributed by atoms with Gasteiger partial charge in [0.05, 0.1) is 24.5 Å². The van der Waals surface area contributed by atoms with Gasteiger partial charge in [0.25, 0.3) is 11.5 Å². The highest BCUT2D eigenvalue weighted by molar-refractivity contribution is 7.89. The van der Waals surface area contributed by atoms with Crippen LogP contribution >= 0.6 is 0 Å². The molecule has 1 fully saturated rings. The van der Waals surface area contributed by atoms with Gasteiger partial charge < -0.3 is 14.6 Å². The molecule has 162 valence electrons. The second-order valence-corrected chi connectivity index (χ2v) is 9.58. The molecule has 1 amide bonds. The molecule has 1 aliphatic heterocycles. The van der Waals surface area contributed by atoms with Crippen LogP contribution in [0, 0.1) is 0 Å². The first kappa shape index (κ1) is 22.2. The number of nitrogens with zero attached hydrogens (tertiary/aromatic N) is 2. The van der Waals surface area contributed by atoms with Crippen molar-refractivity contribution >= 4 is 15.9 Å². The third-order valence-electron chi connectivity index (χ3n) is 4.89. The number of nitrogens with one attached hydrogen (secondary N) is 1. The molecule has 0 spiro atoms. The van der Waals surface area contributed by atoms with Crippen LogP contribution in [0.1, 0.15) is 29.8 Å². The number of benzene rings is 1. The highest BCUT2D eigenvalue weighted by atomic mass is 32.2. The highest BCUT2D eigenvalue weighted by Gasteiger charge is 2.30. The first-order valence-electron chi connectivity index (χ1n) is 9.91. The van der Waals surface area contributed by atoms with E-state index in [1.165, 1.54) is 14.9 Å². The fraction of sp³-hybridized carbons (Fsp3) is 0.429. The van der Waals surface area contributed by atoms with Gasteiger partial charge in [-0.2, -0.15) is 4.31 Å². The molecule has 8 nitrogen and oxygen atoms in total. The Balaban J connectivity index is 1.61. The lowest BCUT2D eigenvalue weighted by atomic mass is 10.2. The maximum absolute atomic E-state index is 12.7. The van der Waals surface area contributed by atoms with Gasteiger partial charge in [-0.05, 0) is 31.5 Å². The van der Waals surface area contributed by atoms with E-state index in [-0.39, 0.29) is 30.1 Å². The van der Waals surface area contributed by atoms with Crippen LogP contribution in [-0.2, 0) is 21.3 Å². The summed E-state index contributed by atoms with van der Waals surface area (Å²) in [5, 5.41) is 2.56. The van der Waals surface area contributed by atoms with E-state index in [1.807, 2.05) is 44.2 Å². The Bertz CT molecular complexity index is 1030. The quantitative estimate of drug-likeness (QED) is 0.704. The van der Waals surface area contributed by atoms with Crippen molar-refractivity contribution in [2.24, 2.45) is 0 Å². The normalized spacial score (nSPS) is 20.1. The molecule has 1 aromatic heterocycles. The molecule has 1 aromatic carbocycles. The Morgan fingerprint density at radius 3 is 2.43 bits per heavy atom. The number of carbonyl (C=O) groups excluding carboxylic acids is 1. The second-order valence-electron chi connectivity index (χ2n) is 7.49. The van der Waals surface area contributed by atoms with Crippen LogP contribution in [0.25, 0.3) is 0 Å². The number of amides is 1. The van der Waals surface area contributed by atoms with E-state index in [9.17, 15) is 18.0 Å². The summed E-state index contributed by atoms with van der Waals surface area (Å²) in [6.07, 6.45) is 1.27. The van der Waals surface area contributed by atoms with Gasteiger partial charge in [0, 0.05) is 25.8 Å². The van der Waals surface area contributed by atoms with Gasteiger partial charge in [-0.3, -0.25) is 9.59 Å². The van der Waals surface area contributed by atoms with Crippen molar-refractivity contribution in [3.05, 3.63) is 70.1 Å². The summed E-state index contributed by atoms with van der Waals surface area (Å²) in [4.78, 5) is 25.1. The molecule has 0 aliphatic carbocycles. The summed E-state index contributed by atoms with van der Waals surface area (Å²) < 4.78 is 33.6. The molecule has 2 unspecified atom stereocenters. The van der Waals surface area contributed by atoms with Crippen LogP contribution in [0.2, 0.25) is 0 Å². The molecule has 1 saturated heterocycles. The van der Waals surface area contributed by atoms with E-state index in [2.05, 4.69) is 5.32 Å². The minimum absolute atomic E-state index is 0.0144. The van der Waals surface area contributed by atoms with E-state index in [0.29, 0.717) is 19.6 Å². The Morgan fingerprint density at radius 2 is 1.77 bits per heavy atom. The zero-order valence-corrected chi connectivity index (χ0v) is 18.0. The van der Waals surface area contributed by atoms with Crippen molar-refractivity contribution in [3.8, 4) is 0 Å². The topological polar surface area (TPSA) is 97.7 Å². The van der Waals surface area contributed by atoms with Gasteiger partial charge in [-0.25, -0.2) is 8.42 Å². The number of rotatable bonds is 7. The van der Waals surface area contributed by atoms with Crippen LogP contribution in [-0.4, -0.2) is 60.8 Å². The number of sulfonamides is 1. The number of carbonyl (C=O) groups is 1. The fourth-order valence-electron chi connectivity index (χ4n) is 3.49. The number of hydrogen-bond donors (Lipinski definition) is 1. The predicted molar refractivity (Wildman–Crippen MR) is 114 cm³/mol. The SMILES string of the molecule is CC1CN(S(=O)(=O)CCNC(=O)c2cccn(Cc3ccccc3)c2=O)CC(C)O1. The van der Waals surface area contributed by atoms with Gasteiger partial charge in [0.15, 0.2) is 0 Å². The summed E-state index contributed by atoms with van der Waals surface area (Å²) >= 11 is 0. The maximum atomic E-state index is 12.7. The number of hydrogen-bond acceptors (Lipinski definition) is 5. The van der Waals surface area contributed by atoms with E-state index >= 15 is 0 Å². The van der Waals surface area contributed by atoms with Gasteiger partial charge in [-0.1, -0.05) is 30.3 Å². The Kier molecular flexibility index (Phi) is 7.06. The molecule has 9 heteroatoms. The van der Waals surface area contributed by atoms with Crippen LogP contribution < -0.4 is 10.9 Å². The van der Waals surface area contributed by atoms with Gasteiger partial charge in [-0.15, -0.1) is 0 Å². The average Bonchev–Trinajstić information content (AvgIpc) is 2.69. The molecule has 0 radical (unpaired) electrons. The van der Waals surface area contributed by atoms with Crippen molar-refractivity contribution in [1.29, 1.82) is 0 Å². The molecule has 0 saturated carbocycles. The van der Waals surface area contributed by atoms with E-state index in [4.69, 9.17) is 4.74 Å². The summed E-state index contributed by atoms with van der Waals surface area (Å²) in [5.41, 5.74) is 0.509. The lowest BCUT2D eigenvalue weighted by Crippen LogP contribution is -2.49. The molecule has 2 heterocycles. The fourth-order valence-corrected chi connectivity index (χ4v) is 4.98. The first-order valence-corrected chi connectivity index (χ1v) is 11.5. The molecule has 1 N–H and O–H groups in total. The molecule has 0 bridgehead atoms. The minimum atomic E-state index is -3.53. The van der Waals surface area contributed by atoms with Gasteiger partial charge in [0.1, 0.15) is 5.56 Å². The number of morpholine rings is 1. The van der Waals surface area contributed by atoms with Crippen molar-refractivity contribution in [2.75, 3.05) is 25.4 Å². The number of ether oxygens (including phenoxy) is 1. The molecule has 1 aliphatic rings. The lowest BCUT2D eigenvalue weighted by molar-refractivity contribution is -0.0440.